The molecule has 0 aliphatic heterocycles. The first-order chi connectivity index (χ1) is 12.9. The third-order valence-corrected chi connectivity index (χ3v) is 5.20. The van der Waals surface area contributed by atoms with E-state index in [0.717, 1.165) is 28.3 Å². The second-order valence-electron chi connectivity index (χ2n) is 7.01. The Hall–Kier alpha value is -3.02. The number of methoxy groups -OCH3 is 1. The summed E-state index contributed by atoms with van der Waals surface area (Å²) in [5, 5.41) is 2.82. The van der Waals surface area contributed by atoms with E-state index in [-0.39, 0.29) is 5.91 Å². The smallest absolute Gasteiger partial charge is 0.235 e. The molecule has 3 N–H and O–H groups in total. The maximum Gasteiger partial charge on any atom is 0.235 e. The van der Waals surface area contributed by atoms with Gasteiger partial charge in [0.15, 0.2) is 0 Å². The van der Waals surface area contributed by atoms with Gasteiger partial charge in [0.1, 0.15) is 11.2 Å². The number of nitrogens with zero attached hydrogens (tertiary/aromatic N) is 1. The third kappa shape index (κ3) is 3.74. The minimum atomic E-state index is -0.980. The van der Waals surface area contributed by atoms with Gasteiger partial charge in [-0.15, -0.1) is 0 Å². The fraction of sp³-hybridized carbons (Fsp3) is 0.333. The molecule has 0 radical (unpaired) electrons. The fourth-order valence-electron chi connectivity index (χ4n) is 3.17. The number of carbonyl (C=O) groups is 2. The summed E-state index contributed by atoms with van der Waals surface area (Å²) in [5.41, 5.74) is 8.56. The Labute approximate surface area is 159 Å². The van der Waals surface area contributed by atoms with Crippen LogP contribution in [0.2, 0.25) is 0 Å². The highest BCUT2D eigenvalue weighted by atomic mass is 16.5. The molecule has 2 amide bonds. The number of hydrogen-bond donors (Lipinski definition) is 2. The third-order valence-electron chi connectivity index (χ3n) is 5.20. The largest absolute Gasteiger partial charge is 0.497 e. The van der Waals surface area contributed by atoms with Crippen molar-refractivity contribution in [3.63, 3.8) is 0 Å². The van der Waals surface area contributed by atoms with Crippen molar-refractivity contribution in [1.29, 1.82) is 0 Å². The van der Waals surface area contributed by atoms with Gasteiger partial charge < -0.3 is 20.7 Å². The van der Waals surface area contributed by atoms with Gasteiger partial charge in [-0.2, -0.15) is 0 Å². The average molecular weight is 367 g/mol. The van der Waals surface area contributed by atoms with E-state index >= 15 is 0 Å². The highest BCUT2D eigenvalue weighted by molar-refractivity contribution is 6.07. The minimum absolute atomic E-state index is 0.273. The van der Waals surface area contributed by atoms with Crippen molar-refractivity contribution in [3.05, 3.63) is 53.6 Å². The van der Waals surface area contributed by atoms with Crippen LogP contribution >= 0.6 is 0 Å². The molecule has 0 heterocycles. The van der Waals surface area contributed by atoms with Crippen molar-refractivity contribution >= 4 is 23.2 Å². The summed E-state index contributed by atoms with van der Waals surface area (Å²) in [6.45, 7) is 2.42. The number of nitrogens with one attached hydrogen (secondary N) is 1. The zero-order valence-electron chi connectivity index (χ0n) is 15.9. The van der Waals surface area contributed by atoms with Crippen molar-refractivity contribution in [1.82, 2.24) is 5.32 Å². The molecule has 1 aliphatic carbocycles. The molecule has 0 aromatic heterocycles. The standard InChI is InChI=1S/C21H25N3O3/c1-14-12-17(27-3)8-9-18(14)24(2)16-6-4-15(5-7-16)13-23-20(26)21(10-11-21)19(22)25/h4-9,12H,10-11,13H2,1-3H3,(H2,22,25)(H,23,26). The minimum Gasteiger partial charge on any atom is -0.497 e. The van der Waals surface area contributed by atoms with Crippen LogP contribution in [0.3, 0.4) is 0 Å². The molecule has 0 spiro atoms. The van der Waals surface area contributed by atoms with E-state index in [2.05, 4.69) is 10.2 Å². The van der Waals surface area contributed by atoms with Crippen LogP contribution in [0.25, 0.3) is 0 Å². The van der Waals surface area contributed by atoms with Crippen LogP contribution in [0.1, 0.15) is 24.0 Å². The summed E-state index contributed by atoms with van der Waals surface area (Å²) < 4.78 is 5.26. The summed E-state index contributed by atoms with van der Waals surface area (Å²) in [4.78, 5) is 25.7. The number of nitrogens with two attached hydrogens (primary N) is 1. The van der Waals surface area contributed by atoms with Gasteiger partial charge in [-0.25, -0.2) is 0 Å². The van der Waals surface area contributed by atoms with Gasteiger partial charge in [0.05, 0.1) is 7.11 Å². The number of ether oxygens (including phenoxy) is 1. The van der Waals surface area contributed by atoms with Crippen LogP contribution in [-0.2, 0) is 16.1 Å². The van der Waals surface area contributed by atoms with Gasteiger partial charge in [0.2, 0.25) is 11.8 Å². The maximum atomic E-state index is 12.2. The molecule has 2 aromatic carbocycles. The van der Waals surface area contributed by atoms with Crippen LogP contribution in [0, 0.1) is 12.3 Å². The zero-order chi connectivity index (χ0) is 19.6. The summed E-state index contributed by atoms with van der Waals surface area (Å²) in [7, 11) is 3.67. The molecular formula is C21H25N3O3. The van der Waals surface area contributed by atoms with Gasteiger partial charge in [-0.05, 0) is 61.2 Å². The highest BCUT2D eigenvalue weighted by Gasteiger charge is 2.55. The molecular weight excluding hydrogens is 342 g/mol. The second-order valence-corrected chi connectivity index (χ2v) is 7.01. The Morgan fingerprint density at radius 2 is 1.85 bits per heavy atom. The number of aryl methyl sites for hydroxylation is 1. The number of benzene rings is 2. The predicted octanol–water partition coefficient (Wildman–Crippen LogP) is 2.65. The molecule has 0 unspecified atom stereocenters. The first-order valence-corrected chi connectivity index (χ1v) is 8.93. The maximum absolute atomic E-state index is 12.2. The Kier molecular flexibility index (Phi) is 5.08. The van der Waals surface area contributed by atoms with Crippen LogP contribution in [0.4, 0.5) is 11.4 Å². The number of anilines is 2. The quantitative estimate of drug-likeness (QED) is 0.737. The molecule has 0 atom stereocenters. The van der Waals surface area contributed by atoms with Crippen LogP contribution < -0.4 is 20.7 Å². The number of amides is 2. The predicted molar refractivity (Wildman–Crippen MR) is 105 cm³/mol. The van der Waals surface area contributed by atoms with E-state index in [1.807, 2.05) is 56.4 Å². The molecule has 2 aromatic rings. The first-order valence-electron chi connectivity index (χ1n) is 8.93. The van der Waals surface area contributed by atoms with Crippen molar-refractivity contribution in [2.45, 2.75) is 26.3 Å². The topological polar surface area (TPSA) is 84.7 Å². The lowest BCUT2D eigenvalue weighted by atomic mass is 10.1. The van der Waals surface area contributed by atoms with Crippen molar-refractivity contribution in [2.24, 2.45) is 11.1 Å². The number of carbonyl (C=O) groups excluding carboxylic acids is 2. The van der Waals surface area contributed by atoms with Gasteiger partial charge >= 0.3 is 0 Å². The van der Waals surface area contributed by atoms with Crippen LogP contribution in [0.15, 0.2) is 42.5 Å². The van der Waals surface area contributed by atoms with Gasteiger partial charge in [-0.3, -0.25) is 9.59 Å². The van der Waals surface area contributed by atoms with Crippen molar-refractivity contribution in [3.8, 4) is 5.75 Å². The first kappa shape index (κ1) is 18.8. The molecule has 6 nitrogen and oxygen atoms in total. The Bertz CT molecular complexity index is 857. The fourth-order valence-corrected chi connectivity index (χ4v) is 3.17. The summed E-state index contributed by atoms with van der Waals surface area (Å²) >= 11 is 0. The van der Waals surface area contributed by atoms with E-state index in [4.69, 9.17) is 10.5 Å². The Morgan fingerprint density at radius 1 is 1.19 bits per heavy atom. The van der Waals surface area contributed by atoms with E-state index < -0.39 is 11.3 Å². The summed E-state index contributed by atoms with van der Waals surface area (Å²) in [6, 6.07) is 13.9. The second kappa shape index (κ2) is 7.31. The molecule has 0 bridgehead atoms. The lowest BCUT2D eigenvalue weighted by Crippen LogP contribution is -2.40. The lowest BCUT2D eigenvalue weighted by Gasteiger charge is -2.22. The van der Waals surface area contributed by atoms with Crippen LogP contribution in [0.5, 0.6) is 5.75 Å². The number of primary amides is 1. The van der Waals surface area contributed by atoms with E-state index in [1.165, 1.54) is 0 Å². The SMILES string of the molecule is COc1ccc(N(C)c2ccc(CNC(=O)C3(C(N)=O)CC3)cc2)c(C)c1. The van der Waals surface area contributed by atoms with Crippen LogP contribution in [-0.4, -0.2) is 26.0 Å². The normalized spacial score (nSPS) is 14.3. The average Bonchev–Trinajstić information content (AvgIpc) is 3.48. The van der Waals surface area contributed by atoms with Crippen molar-refractivity contribution in [2.75, 3.05) is 19.1 Å². The van der Waals surface area contributed by atoms with E-state index in [0.29, 0.717) is 19.4 Å². The van der Waals surface area contributed by atoms with Crippen molar-refractivity contribution < 1.29 is 14.3 Å². The molecule has 1 saturated carbocycles. The zero-order valence-corrected chi connectivity index (χ0v) is 15.9. The summed E-state index contributed by atoms with van der Waals surface area (Å²) in [6.07, 6.45) is 1.08. The highest BCUT2D eigenvalue weighted by Crippen LogP contribution is 2.45. The summed E-state index contributed by atoms with van der Waals surface area (Å²) in [5.74, 6) is 0.0250. The number of rotatable bonds is 7. The lowest BCUT2D eigenvalue weighted by molar-refractivity contribution is -0.135. The van der Waals surface area contributed by atoms with E-state index in [9.17, 15) is 9.59 Å². The van der Waals surface area contributed by atoms with E-state index in [1.54, 1.807) is 7.11 Å². The van der Waals surface area contributed by atoms with Gasteiger partial charge in [0.25, 0.3) is 0 Å². The van der Waals surface area contributed by atoms with Gasteiger partial charge in [0, 0.05) is 25.0 Å². The molecule has 1 fully saturated rings. The molecule has 6 heteroatoms. The molecule has 3 rings (SSSR count). The molecule has 142 valence electrons. The molecule has 0 saturated heterocycles. The molecule has 27 heavy (non-hydrogen) atoms. The van der Waals surface area contributed by atoms with Gasteiger partial charge in [-0.1, -0.05) is 12.1 Å². The Morgan fingerprint density at radius 3 is 2.37 bits per heavy atom. The Balaban J connectivity index is 1.65. The number of hydrogen-bond acceptors (Lipinski definition) is 4. The molecule has 1 aliphatic rings. The monoisotopic (exact) mass is 367 g/mol.